The molecule has 108 valence electrons. The van der Waals surface area contributed by atoms with E-state index in [2.05, 4.69) is 5.32 Å². The molecule has 0 aliphatic heterocycles. The summed E-state index contributed by atoms with van der Waals surface area (Å²) < 4.78 is 0. The lowest BCUT2D eigenvalue weighted by molar-refractivity contribution is -0.129. The molecule has 0 spiro atoms. The first-order valence-electron chi connectivity index (χ1n) is 6.82. The Balaban J connectivity index is 2.12. The molecule has 0 aromatic heterocycles. The van der Waals surface area contributed by atoms with Gasteiger partial charge in [0.1, 0.15) is 0 Å². The van der Waals surface area contributed by atoms with Crippen molar-refractivity contribution in [3.8, 4) is 0 Å². The van der Waals surface area contributed by atoms with Crippen molar-refractivity contribution >= 4 is 17.5 Å². The van der Waals surface area contributed by atoms with E-state index in [-0.39, 0.29) is 11.8 Å². The highest BCUT2D eigenvalue weighted by atomic mass is 16.2. The summed E-state index contributed by atoms with van der Waals surface area (Å²) in [5.74, 6) is -0.126. The summed E-state index contributed by atoms with van der Waals surface area (Å²) in [5.41, 5.74) is 6.50. The molecule has 1 aliphatic carbocycles. The minimum Gasteiger partial charge on any atom is -0.345 e. The van der Waals surface area contributed by atoms with Gasteiger partial charge in [-0.05, 0) is 31.0 Å². The van der Waals surface area contributed by atoms with Crippen LogP contribution < -0.4 is 11.1 Å². The fourth-order valence-electron chi connectivity index (χ4n) is 2.38. The topological polar surface area (TPSA) is 75.4 Å². The van der Waals surface area contributed by atoms with Crippen LogP contribution in [0.5, 0.6) is 0 Å². The Hall–Kier alpha value is -1.88. The van der Waals surface area contributed by atoms with Gasteiger partial charge in [0.15, 0.2) is 0 Å². The van der Waals surface area contributed by atoms with Crippen molar-refractivity contribution in [1.29, 1.82) is 0 Å². The van der Waals surface area contributed by atoms with Crippen LogP contribution in [0.1, 0.15) is 29.6 Å². The van der Waals surface area contributed by atoms with Crippen molar-refractivity contribution in [3.63, 3.8) is 0 Å². The van der Waals surface area contributed by atoms with E-state index in [1.807, 2.05) is 0 Å². The monoisotopic (exact) mass is 275 g/mol. The van der Waals surface area contributed by atoms with Gasteiger partial charge < -0.3 is 16.0 Å². The molecule has 1 fully saturated rings. The number of nitrogens with zero attached hydrogens (tertiary/aromatic N) is 1. The molecule has 0 heterocycles. The molecular weight excluding hydrogens is 254 g/mol. The maximum absolute atomic E-state index is 12.3. The molecule has 0 atom stereocenters. The minimum absolute atomic E-state index is 0.0410. The van der Waals surface area contributed by atoms with Crippen molar-refractivity contribution in [3.05, 3.63) is 29.8 Å². The Labute approximate surface area is 119 Å². The van der Waals surface area contributed by atoms with Crippen LogP contribution in [0.15, 0.2) is 24.3 Å². The number of rotatable bonds is 4. The number of anilines is 1. The highest BCUT2D eigenvalue weighted by Crippen LogP contribution is 2.40. The molecule has 20 heavy (non-hydrogen) atoms. The third kappa shape index (κ3) is 2.67. The quantitative estimate of drug-likeness (QED) is 0.873. The van der Waals surface area contributed by atoms with Gasteiger partial charge in [-0.15, -0.1) is 0 Å². The van der Waals surface area contributed by atoms with Gasteiger partial charge in [-0.3, -0.25) is 9.59 Å². The first kappa shape index (κ1) is 14.5. The fraction of sp³-hybridized carbons (Fsp3) is 0.467. The first-order valence-corrected chi connectivity index (χ1v) is 6.82. The second kappa shape index (κ2) is 5.63. The Bertz CT molecular complexity index is 516. The molecule has 3 N–H and O–H groups in total. The normalized spacial score (nSPS) is 16.1. The van der Waals surface area contributed by atoms with E-state index in [4.69, 9.17) is 5.73 Å². The maximum Gasteiger partial charge on any atom is 0.253 e. The number of carbonyl (C=O) groups excluding carboxylic acids is 2. The Morgan fingerprint density at radius 1 is 1.35 bits per heavy atom. The second-order valence-corrected chi connectivity index (χ2v) is 5.57. The number of nitrogens with two attached hydrogens (primary N) is 1. The van der Waals surface area contributed by atoms with Crippen molar-refractivity contribution in [1.82, 2.24) is 4.90 Å². The average Bonchev–Trinajstić information content (AvgIpc) is 2.37. The number of carbonyl (C=O) groups is 2. The number of hydrogen-bond acceptors (Lipinski definition) is 3. The molecule has 1 aromatic rings. The summed E-state index contributed by atoms with van der Waals surface area (Å²) >= 11 is 0. The summed E-state index contributed by atoms with van der Waals surface area (Å²) in [6, 6.07) is 6.98. The van der Waals surface area contributed by atoms with Crippen molar-refractivity contribution in [2.45, 2.75) is 19.3 Å². The summed E-state index contributed by atoms with van der Waals surface area (Å²) in [6.07, 6.45) is 2.72. The van der Waals surface area contributed by atoms with Crippen LogP contribution in [0.25, 0.3) is 0 Å². The van der Waals surface area contributed by atoms with E-state index in [0.29, 0.717) is 17.8 Å². The molecule has 5 heteroatoms. The zero-order valence-corrected chi connectivity index (χ0v) is 12.0. The smallest absolute Gasteiger partial charge is 0.253 e. The molecule has 2 amide bonds. The molecule has 0 radical (unpaired) electrons. The van der Waals surface area contributed by atoms with Crippen LogP contribution in [0, 0.1) is 5.41 Å². The third-order valence-corrected chi connectivity index (χ3v) is 3.96. The lowest BCUT2D eigenvalue weighted by Crippen LogP contribution is -2.47. The van der Waals surface area contributed by atoms with Crippen LogP contribution in [-0.2, 0) is 4.79 Å². The SMILES string of the molecule is CN(C)C(=O)c1cccc(NC(=O)C2(CN)CCC2)c1. The Morgan fingerprint density at radius 3 is 2.55 bits per heavy atom. The molecular formula is C15H21N3O2. The number of nitrogens with one attached hydrogen (secondary N) is 1. The van der Waals surface area contributed by atoms with Gasteiger partial charge in [-0.2, -0.15) is 0 Å². The van der Waals surface area contributed by atoms with Gasteiger partial charge in [0.2, 0.25) is 5.91 Å². The van der Waals surface area contributed by atoms with Crippen LogP contribution in [0.4, 0.5) is 5.69 Å². The number of amides is 2. The fourth-order valence-corrected chi connectivity index (χ4v) is 2.38. The standard InChI is InChI=1S/C15H21N3O2/c1-18(2)13(19)11-5-3-6-12(9-11)17-14(20)15(10-16)7-4-8-15/h3,5-6,9H,4,7-8,10,16H2,1-2H3,(H,17,20). The summed E-state index contributed by atoms with van der Waals surface area (Å²) in [4.78, 5) is 25.7. The molecule has 0 bridgehead atoms. The van der Waals surface area contributed by atoms with Gasteiger partial charge in [-0.1, -0.05) is 12.5 Å². The van der Waals surface area contributed by atoms with Gasteiger partial charge in [0.25, 0.3) is 5.91 Å². The Morgan fingerprint density at radius 2 is 2.05 bits per heavy atom. The molecule has 5 nitrogen and oxygen atoms in total. The Kier molecular flexibility index (Phi) is 4.09. The lowest BCUT2D eigenvalue weighted by atomic mass is 9.68. The van der Waals surface area contributed by atoms with E-state index in [1.165, 1.54) is 4.90 Å². The van der Waals surface area contributed by atoms with Crippen LogP contribution >= 0.6 is 0 Å². The number of benzene rings is 1. The van der Waals surface area contributed by atoms with Crippen LogP contribution in [0.2, 0.25) is 0 Å². The first-order chi connectivity index (χ1) is 9.48. The predicted molar refractivity (Wildman–Crippen MR) is 78.4 cm³/mol. The lowest BCUT2D eigenvalue weighted by Gasteiger charge is -2.39. The van der Waals surface area contributed by atoms with Crippen LogP contribution in [-0.4, -0.2) is 37.4 Å². The van der Waals surface area contributed by atoms with Crippen molar-refractivity contribution in [2.75, 3.05) is 26.0 Å². The average molecular weight is 275 g/mol. The highest BCUT2D eigenvalue weighted by molar-refractivity contribution is 5.99. The summed E-state index contributed by atoms with van der Waals surface area (Å²) in [5, 5.41) is 2.88. The molecule has 0 unspecified atom stereocenters. The third-order valence-electron chi connectivity index (χ3n) is 3.96. The highest BCUT2D eigenvalue weighted by Gasteiger charge is 2.42. The molecule has 1 aliphatic rings. The van der Waals surface area contributed by atoms with Gasteiger partial charge in [-0.25, -0.2) is 0 Å². The van der Waals surface area contributed by atoms with Gasteiger partial charge in [0, 0.05) is 31.9 Å². The molecule has 1 aromatic carbocycles. The molecule has 1 saturated carbocycles. The van der Waals surface area contributed by atoms with Crippen molar-refractivity contribution in [2.24, 2.45) is 11.1 Å². The predicted octanol–water partition coefficient (Wildman–Crippen LogP) is 1.46. The van der Waals surface area contributed by atoms with E-state index < -0.39 is 5.41 Å². The van der Waals surface area contributed by atoms with Gasteiger partial charge >= 0.3 is 0 Å². The minimum atomic E-state index is -0.415. The zero-order valence-electron chi connectivity index (χ0n) is 12.0. The van der Waals surface area contributed by atoms with Crippen molar-refractivity contribution < 1.29 is 9.59 Å². The maximum atomic E-state index is 12.3. The van der Waals surface area contributed by atoms with E-state index >= 15 is 0 Å². The van der Waals surface area contributed by atoms with E-state index in [1.54, 1.807) is 38.4 Å². The van der Waals surface area contributed by atoms with Crippen LogP contribution in [0.3, 0.4) is 0 Å². The van der Waals surface area contributed by atoms with E-state index in [0.717, 1.165) is 19.3 Å². The largest absolute Gasteiger partial charge is 0.345 e. The zero-order chi connectivity index (χ0) is 14.8. The molecule has 0 saturated heterocycles. The van der Waals surface area contributed by atoms with Gasteiger partial charge in [0.05, 0.1) is 5.41 Å². The van der Waals surface area contributed by atoms with E-state index in [9.17, 15) is 9.59 Å². The summed E-state index contributed by atoms with van der Waals surface area (Å²) in [7, 11) is 3.40. The molecule has 2 rings (SSSR count). The summed E-state index contributed by atoms with van der Waals surface area (Å²) in [6.45, 7) is 0.370. The number of hydrogen-bond donors (Lipinski definition) is 2. The second-order valence-electron chi connectivity index (χ2n) is 5.57.